The quantitative estimate of drug-likeness (QED) is 0.789. The lowest BCUT2D eigenvalue weighted by molar-refractivity contribution is -0.124. The molecule has 0 aromatic heterocycles. The number of amides is 3. The number of carbonyl (C=O) groups excluding carboxylic acids is 2. The topological polar surface area (TPSA) is 61.4 Å². The predicted octanol–water partition coefficient (Wildman–Crippen LogP) is 1.93. The molecule has 1 saturated carbocycles. The number of nitrogens with one attached hydrogen (secondary N) is 2. The Hall–Kier alpha value is -1.88. The van der Waals surface area contributed by atoms with Gasteiger partial charge >= 0.3 is 6.03 Å². The summed E-state index contributed by atoms with van der Waals surface area (Å²) in [6, 6.07) is 10.8. The van der Waals surface area contributed by atoms with Crippen LogP contribution in [0, 0.1) is 5.92 Å². The van der Waals surface area contributed by atoms with Crippen molar-refractivity contribution in [3.63, 3.8) is 0 Å². The van der Waals surface area contributed by atoms with Gasteiger partial charge in [0.25, 0.3) is 0 Å². The SMILES string of the molecule is O=C1CNC(=O)N1CCNC1CCCCC1Cc1ccccc1. The monoisotopic (exact) mass is 315 g/mol. The summed E-state index contributed by atoms with van der Waals surface area (Å²) in [5.74, 6) is 0.510. The maximum atomic E-state index is 11.6. The molecule has 1 aromatic rings. The number of benzene rings is 1. The van der Waals surface area contributed by atoms with E-state index in [4.69, 9.17) is 0 Å². The molecule has 1 saturated heterocycles. The second-order valence-electron chi connectivity index (χ2n) is 6.50. The highest BCUT2D eigenvalue weighted by atomic mass is 16.2. The van der Waals surface area contributed by atoms with E-state index >= 15 is 0 Å². The summed E-state index contributed by atoms with van der Waals surface area (Å²) in [5, 5.41) is 6.14. The van der Waals surface area contributed by atoms with Gasteiger partial charge in [0.15, 0.2) is 0 Å². The Bertz CT molecular complexity index is 530. The highest BCUT2D eigenvalue weighted by Crippen LogP contribution is 2.27. The Labute approximate surface area is 137 Å². The van der Waals surface area contributed by atoms with Gasteiger partial charge in [-0.25, -0.2) is 4.79 Å². The molecule has 0 spiro atoms. The number of carbonyl (C=O) groups is 2. The van der Waals surface area contributed by atoms with Crippen molar-refractivity contribution in [2.24, 2.45) is 5.92 Å². The maximum absolute atomic E-state index is 11.6. The molecule has 5 nitrogen and oxygen atoms in total. The highest BCUT2D eigenvalue weighted by molar-refractivity contribution is 6.01. The first-order valence-corrected chi connectivity index (χ1v) is 8.59. The van der Waals surface area contributed by atoms with Gasteiger partial charge in [0, 0.05) is 19.1 Å². The lowest BCUT2D eigenvalue weighted by Gasteiger charge is -2.33. The Kier molecular flexibility index (Phi) is 5.28. The van der Waals surface area contributed by atoms with Crippen LogP contribution in [-0.4, -0.2) is 42.5 Å². The first kappa shape index (κ1) is 16.0. The number of imide groups is 1. The van der Waals surface area contributed by atoms with Crippen LogP contribution in [0.3, 0.4) is 0 Å². The summed E-state index contributed by atoms with van der Waals surface area (Å²) in [6.45, 7) is 1.27. The van der Waals surface area contributed by atoms with Gasteiger partial charge in [0.2, 0.25) is 5.91 Å². The Balaban J connectivity index is 1.50. The Morgan fingerprint density at radius 2 is 1.91 bits per heavy atom. The summed E-state index contributed by atoms with van der Waals surface area (Å²) in [5.41, 5.74) is 1.39. The molecule has 3 rings (SSSR count). The van der Waals surface area contributed by atoms with E-state index in [2.05, 4.69) is 41.0 Å². The number of rotatable bonds is 6. The fourth-order valence-corrected chi connectivity index (χ4v) is 3.68. The maximum Gasteiger partial charge on any atom is 0.324 e. The van der Waals surface area contributed by atoms with Crippen molar-refractivity contribution >= 4 is 11.9 Å². The molecule has 2 atom stereocenters. The minimum atomic E-state index is -0.263. The molecule has 2 N–H and O–H groups in total. The van der Waals surface area contributed by atoms with Crippen LogP contribution in [0.4, 0.5) is 4.79 Å². The molecule has 1 aromatic carbocycles. The molecule has 3 amide bonds. The van der Waals surface area contributed by atoms with E-state index in [1.54, 1.807) is 0 Å². The van der Waals surface area contributed by atoms with E-state index < -0.39 is 0 Å². The molecular weight excluding hydrogens is 290 g/mol. The van der Waals surface area contributed by atoms with Crippen molar-refractivity contribution < 1.29 is 9.59 Å². The lowest BCUT2D eigenvalue weighted by atomic mass is 9.80. The molecule has 0 radical (unpaired) electrons. The lowest BCUT2D eigenvalue weighted by Crippen LogP contribution is -2.44. The summed E-state index contributed by atoms with van der Waals surface area (Å²) in [6.07, 6.45) is 6.07. The molecule has 2 aliphatic rings. The highest BCUT2D eigenvalue weighted by Gasteiger charge is 2.29. The summed E-state index contributed by atoms with van der Waals surface area (Å²) >= 11 is 0. The Morgan fingerprint density at radius 1 is 1.13 bits per heavy atom. The molecule has 1 heterocycles. The summed E-state index contributed by atoms with van der Waals surface area (Å²) in [7, 11) is 0. The van der Waals surface area contributed by atoms with E-state index in [0.29, 0.717) is 25.0 Å². The van der Waals surface area contributed by atoms with Gasteiger partial charge < -0.3 is 10.6 Å². The fraction of sp³-hybridized carbons (Fsp3) is 0.556. The zero-order valence-corrected chi connectivity index (χ0v) is 13.5. The molecular formula is C18H25N3O2. The summed E-state index contributed by atoms with van der Waals surface area (Å²) < 4.78 is 0. The molecule has 1 aliphatic carbocycles. The van der Waals surface area contributed by atoms with Gasteiger partial charge in [0.05, 0.1) is 6.54 Å². The van der Waals surface area contributed by atoms with Crippen LogP contribution in [0.25, 0.3) is 0 Å². The second kappa shape index (κ2) is 7.59. The average Bonchev–Trinajstić information content (AvgIpc) is 2.89. The van der Waals surface area contributed by atoms with E-state index in [1.807, 2.05) is 0 Å². The molecule has 23 heavy (non-hydrogen) atoms. The van der Waals surface area contributed by atoms with Gasteiger partial charge in [-0.3, -0.25) is 9.69 Å². The van der Waals surface area contributed by atoms with Crippen LogP contribution >= 0.6 is 0 Å². The molecule has 124 valence electrons. The van der Waals surface area contributed by atoms with Crippen molar-refractivity contribution in [3.05, 3.63) is 35.9 Å². The predicted molar refractivity (Wildman–Crippen MR) is 89.0 cm³/mol. The Morgan fingerprint density at radius 3 is 2.65 bits per heavy atom. The van der Waals surface area contributed by atoms with Crippen LogP contribution in [-0.2, 0) is 11.2 Å². The van der Waals surface area contributed by atoms with Gasteiger partial charge in [-0.1, -0.05) is 43.2 Å². The average molecular weight is 315 g/mol. The van der Waals surface area contributed by atoms with E-state index in [9.17, 15) is 9.59 Å². The molecule has 0 bridgehead atoms. The smallest absolute Gasteiger partial charge is 0.324 e. The molecule has 5 heteroatoms. The molecule has 1 aliphatic heterocycles. The van der Waals surface area contributed by atoms with E-state index in [-0.39, 0.29) is 18.5 Å². The second-order valence-corrected chi connectivity index (χ2v) is 6.50. The van der Waals surface area contributed by atoms with Crippen LogP contribution in [0.15, 0.2) is 30.3 Å². The minimum absolute atomic E-state index is 0.124. The van der Waals surface area contributed by atoms with Gasteiger partial charge in [-0.2, -0.15) is 0 Å². The first-order chi connectivity index (χ1) is 11.2. The van der Waals surface area contributed by atoms with Crippen molar-refractivity contribution in [3.8, 4) is 0 Å². The number of hydrogen-bond acceptors (Lipinski definition) is 3. The van der Waals surface area contributed by atoms with Crippen LogP contribution in [0.2, 0.25) is 0 Å². The third-order valence-electron chi connectivity index (χ3n) is 4.93. The first-order valence-electron chi connectivity index (χ1n) is 8.59. The van der Waals surface area contributed by atoms with Gasteiger partial charge in [0.1, 0.15) is 0 Å². The normalized spacial score (nSPS) is 24.8. The molecule has 2 fully saturated rings. The van der Waals surface area contributed by atoms with Crippen molar-refractivity contribution in [1.82, 2.24) is 15.5 Å². The zero-order chi connectivity index (χ0) is 16.1. The standard InChI is InChI=1S/C18H25N3O2/c22-17-13-20-18(23)21(17)11-10-19-16-9-5-4-8-15(16)12-14-6-2-1-3-7-14/h1-3,6-7,15-16,19H,4-5,8-13H2,(H,20,23). The van der Waals surface area contributed by atoms with Crippen molar-refractivity contribution in [2.75, 3.05) is 19.6 Å². The third-order valence-corrected chi connectivity index (χ3v) is 4.93. The van der Waals surface area contributed by atoms with Crippen LogP contribution in [0.1, 0.15) is 31.2 Å². The van der Waals surface area contributed by atoms with Crippen molar-refractivity contribution in [1.29, 1.82) is 0 Å². The zero-order valence-electron chi connectivity index (χ0n) is 13.5. The number of hydrogen-bond donors (Lipinski definition) is 2. The van der Waals surface area contributed by atoms with Gasteiger partial charge in [-0.15, -0.1) is 0 Å². The minimum Gasteiger partial charge on any atom is -0.329 e. The van der Waals surface area contributed by atoms with Crippen LogP contribution in [0.5, 0.6) is 0 Å². The van der Waals surface area contributed by atoms with Gasteiger partial charge in [-0.05, 0) is 30.7 Å². The largest absolute Gasteiger partial charge is 0.329 e. The molecule has 2 unspecified atom stereocenters. The fourth-order valence-electron chi connectivity index (χ4n) is 3.68. The van der Waals surface area contributed by atoms with Crippen LogP contribution < -0.4 is 10.6 Å². The number of urea groups is 1. The third kappa shape index (κ3) is 4.10. The van der Waals surface area contributed by atoms with E-state index in [0.717, 1.165) is 6.42 Å². The summed E-state index contributed by atoms with van der Waals surface area (Å²) in [4.78, 5) is 24.4. The number of nitrogens with zero attached hydrogens (tertiary/aromatic N) is 1. The van der Waals surface area contributed by atoms with Crippen molar-refractivity contribution in [2.45, 2.75) is 38.1 Å². The van der Waals surface area contributed by atoms with E-state index in [1.165, 1.54) is 36.1 Å².